The van der Waals surface area contributed by atoms with Crippen molar-refractivity contribution in [1.29, 1.82) is 0 Å². The van der Waals surface area contributed by atoms with Crippen LogP contribution in [0.4, 0.5) is 26.2 Å². The number of halogens is 1. The van der Waals surface area contributed by atoms with Gasteiger partial charge in [-0.15, -0.1) is 0 Å². The number of anilines is 3. The van der Waals surface area contributed by atoms with Gasteiger partial charge in [0.1, 0.15) is 6.67 Å². The lowest BCUT2D eigenvalue weighted by atomic mass is 10.3. The first kappa shape index (κ1) is 14.8. The monoisotopic (exact) mass is 292 g/mol. The predicted molar refractivity (Wildman–Crippen MR) is 79.4 cm³/mol. The van der Waals surface area contributed by atoms with Crippen molar-refractivity contribution in [2.24, 2.45) is 0 Å². The number of amides is 2. The second-order valence-corrected chi connectivity index (χ2v) is 4.55. The molecule has 0 aliphatic rings. The van der Waals surface area contributed by atoms with E-state index in [1.165, 1.54) is 10.9 Å². The molecule has 0 atom stereocenters. The molecule has 2 rings (SSSR count). The minimum atomic E-state index is -0.503. The van der Waals surface area contributed by atoms with Crippen molar-refractivity contribution in [2.45, 2.75) is 6.54 Å². The second kappa shape index (κ2) is 6.69. The fraction of sp³-hybridized carbons (Fsp3) is 0.308. The molecule has 0 aliphatic heterocycles. The van der Waals surface area contributed by atoms with Gasteiger partial charge in [0, 0.05) is 26.5 Å². The number of rotatable bonds is 5. The number of aryl methyl sites for hydroxylation is 1. The molecule has 8 heteroatoms. The molecule has 0 aliphatic carbocycles. The third-order valence-electron chi connectivity index (χ3n) is 2.73. The van der Waals surface area contributed by atoms with Gasteiger partial charge < -0.3 is 15.5 Å². The van der Waals surface area contributed by atoms with E-state index in [2.05, 4.69) is 20.7 Å². The van der Waals surface area contributed by atoms with Crippen LogP contribution in [0.5, 0.6) is 0 Å². The fourth-order valence-electron chi connectivity index (χ4n) is 1.77. The number of nitrogens with zero attached hydrogens (tertiary/aromatic N) is 4. The summed E-state index contributed by atoms with van der Waals surface area (Å²) in [6, 6.07) is 1.31. The van der Waals surface area contributed by atoms with Gasteiger partial charge in [0.05, 0.1) is 36.0 Å². The van der Waals surface area contributed by atoms with E-state index < -0.39 is 12.7 Å². The SMILES string of the molecule is CN(C)c1cnccc1NC(=O)Nc1cnn(CCF)c1. The van der Waals surface area contributed by atoms with Crippen LogP contribution in [-0.2, 0) is 6.54 Å². The number of nitrogens with one attached hydrogen (secondary N) is 2. The normalized spacial score (nSPS) is 10.2. The smallest absolute Gasteiger partial charge is 0.323 e. The molecule has 0 unspecified atom stereocenters. The van der Waals surface area contributed by atoms with Crippen LogP contribution in [0.3, 0.4) is 0 Å². The van der Waals surface area contributed by atoms with Gasteiger partial charge in [-0.1, -0.05) is 0 Å². The number of carbonyl (C=O) groups excluding carboxylic acids is 1. The maximum Gasteiger partial charge on any atom is 0.323 e. The van der Waals surface area contributed by atoms with Gasteiger partial charge in [0.25, 0.3) is 0 Å². The van der Waals surface area contributed by atoms with Crippen LogP contribution in [0.1, 0.15) is 0 Å². The standard InChI is InChI=1S/C13H17FN6O/c1-19(2)12-8-15-5-3-11(12)18-13(21)17-10-7-16-20(9-10)6-4-14/h3,5,7-9H,4,6H2,1-2H3,(H2,15,17,18,21). The first-order valence-corrected chi connectivity index (χ1v) is 6.38. The topological polar surface area (TPSA) is 75.1 Å². The Hall–Kier alpha value is -2.64. The lowest BCUT2D eigenvalue weighted by molar-refractivity contribution is 0.262. The van der Waals surface area contributed by atoms with Crippen molar-refractivity contribution in [3.8, 4) is 0 Å². The van der Waals surface area contributed by atoms with Gasteiger partial charge in [-0.3, -0.25) is 9.67 Å². The molecule has 2 heterocycles. The average molecular weight is 292 g/mol. The molecule has 112 valence electrons. The van der Waals surface area contributed by atoms with Gasteiger partial charge in [-0.05, 0) is 6.07 Å². The number of alkyl halides is 1. The Morgan fingerprint density at radius 1 is 1.38 bits per heavy atom. The molecule has 0 spiro atoms. The Bertz CT molecular complexity index is 612. The Morgan fingerprint density at radius 3 is 2.90 bits per heavy atom. The zero-order chi connectivity index (χ0) is 15.2. The van der Waals surface area contributed by atoms with E-state index in [1.54, 1.807) is 24.7 Å². The fourth-order valence-corrected chi connectivity index (χ4v) is 1.77. The zero-order valence-electron chi connectivity index (χ0n) is 11.9. The average Bonchev–Trinajstić information content (AvgIpc) is 2.86. The van der Waals surface area contributed by atoms with Gasteiger partial charge in [-0.2, -0.15) is 5.10 Å². The molecule has 0 saturated heterocycles. The summed E-state index contributed by atoms with van der Waals surface area (Å²) in [6.45, 7) is -0.338. The number of hydrogen-bond acceptors (Lipinski definition) is 4. The summed E-state index contributed by atoms with van der Waals surface area (Å²) in [6.07, 6.45) is 6.30. The summed E-state index contributed by atoms with van der Waals surface area (Å²) in [5.74, 6) is 0. The number of carbonyl (C=O) groups is 1. The highest BCUT2D eigenvalue weighted by Crippen LogP contribution is 2.22. The molecule has 0 saturated carbocycles. The van der Waals surface area contributed by atoms with Gasteiger partial charge in [0.2, 0.25) is 0 Å². The Labute approximate surface area is 121 Å². The summed E-state index contributed by atoms with van der Waals surface area (Å²) >= 11 is 0. The molecule has 0 bridgehead atoms. The third kappa shape index (κ3) is 3.91. The van der Waals surface area contributed by atoms with E-state index in [-0.39, 0.29) is 6.54 Å². The summed E-state index contributed by atoms with van der Waals surface area (Å²) in [5.41, 5.74) is 1.94. The Kier molecular flexibility index (Phi) is 4.70. The molecular formula is C13H17FN6O. The van der Waals surface area contributed by atoms with Gasteiger partial charge >= 0.3 is 6.03 Å². The molecule has 21 heavy (non-hydrogen) atoms. The van der Waals surface area contributed by atoms with E-state index in [1.807, 2.05) is 19.0 Å². The van der Waals surface area contributed by atoms with Gasteiger partial charge in [-0.25, -0.2) is 9.18 Å². The minimum Gasteiger partial charge on any atom is -0.375 e. The molecule has 2 aromatic rings. The lowest BCUT2D eigenvalue weighted by Crippen LogP contribution is -2.21. The molecule has 0 aromatic carbocycles. The number of pyridine rings is 1. The lowest BCUT2D eigenvalue weighted by Gasteiger charge is -2.17. The van der Waals surface area contributed by atoms with Crippen LogP contribution < -0.4 is 15.5 Å². The highest BCUT2D eigenvalue weighted by molar-refractivity contribution is 6.01. The Balaban J connectivity index is 2.01. The molecule has 2 amide bonds. The maximum absolute atomic E-state index is 12.2. The summed E-state index contributed by atoms with van der Waals surface area (Å²) in [5, 5.41) is 9.31. The number of hydrogen-bond donors (Lipinski definition) is 2. The van der Waals surface area contributed by atoms with Crippen molar-refractivity contribution >= 4 is 23.1 Å². The highest BCUT2D eigenvalue weighted by atomic mass is 19.1. The van der Waals surface area contributed by atoms with E-state index in [0.717, 1.165) is 5.69 Å². The van der Waals surface area contributed by atoms with E-state index >= 15 is 0 Å². The van der Waals surface area contributed by atoms with Crippen molar-refractivity contribution < 1.29 is 9.18 Å². The second-order valence-electron chi connectivity index (χ2n) is 4.55. The van der Waals surface area contributed by atoms with Crippen LogP contribution in [0, 0.1) is 0 Å². The zero-order valence-corrected chi connectivity index (χ0v) is 11.9. The Morgan fingerprint density at radius 2 is 2.19 bits per heavy atom. The van der Waals surface area contributed by atoms with Crippen molar-refractivity contribution in [3.05, 3.63) is 30.9 Å². The van der Waals surface area contributed by atoms with E-state index in [9.17, 15) is 9.18 Å². The highest BCUT2D eigenvalue weighted by Gasteiger charge is 2.09. The summed E-state index contributed by atoms with van der Waals surface area (Å²) in [7, 11) is 3.72. The first-order valence-electron chi connectivity index (χ1n) is 6.38. The van der Waals surface area contributed by atoms with Crippen LogP contribution in [-0.4, -0.2) is 41.6 Å². The molecule has 0 radical (unpaired) electrons. The summed E-state index contributed by atoms with van der Waals surface area (Å²) < 4.78 is 13.6. The quantitative estimate of drug-likeness (QED) is 0.883. The maximum atomic E-state index is 12.2. The van der Waals surface area contributed by atoms with Crippen molar-refractivity contribution in [2.75, 3.05) is 36.3 Å². The van der Waals surface area contributed by atoms with E-state index in [0.29, 0.717) is 11.4 Å². The molecule has 2 aromatic heterocycles. The minimum absolute atomic E-state index is 0.165. The predicted octanol–water partition coefficient (Wildman–Crippen LogP) is 1.96. The van der Waals surface area contributed by atoms with E-state index in [4.69, 9.17) is 0 Å². The largest absolute Gasteiger partial charge is 0.375 e. The van der Waals surface area contributed by atoms with Crippen LogP contribution in [0.2, 0.25) is 0 Å². The molecule has 7 nitrogen and oxygen atoms in total. The number of aromatic nitrogens is 3. The van der Waals surface area contributed by atoms with Crippen LogP contribution in [0.15, 0.2) is 30.9 Å². The van der Waals surface area contributed by atoms with Gasteiger partial charge in [0.15, 0.2) is 0 Å². The molecule has 0 fully saturated rings. The first-order chi connectivity index (χ1) is 10.1. The molecular weight excluding hydrogens is 275 g/mol. The molecule has 2 N–H and O–H groups in total. The van der Waals surface area contributed by atoms with Crippen molar-refractivity contribution in [3.63, 3.8) is 0 Å². The summed E-state index contributed by atoms with van der Waals surface area (Å²) in [4.78, 5) is 17.8. The third-order valence-corrected chi connectivity index (χ3v) is 2.73. The van der Waals surface area contributed by atoms with Crippen LogP contribution in [0.25, 0.3) is 0 Å². The van der Waals surface area contributed by atoms with Crippen molar-refractivity contribution in [1.82, 2.24) is 14.8 Å². The van der Waals surface area contributed by atoms with Crippen LogP contribution >= 0.6 is 0 Å². The number of urea groups is 1.